The summed E-state index contributed by atoms with van der Waals surface area (Å²) in [5.74, 6) is 7.27. The Bertz CT molecular complexity index is 803. The predicted octanol–water partition coefficient (Wildman–Crippen LogP) is 4.94. The monoisotopic (exact) mass is 316 g/mol. The van der Waals surface area contributed by atoms with Crippen LogP contribution in [0.4, 0.5) is 0 Å². The van der Waals surface area contributed by atoms with Crippen LogP contribution in [0.25, 0.3) is 0 Å². The van der Waals surface area contributed by atoms with Gasteiger partial charge in [-0.05, 0) is 55.4 Å². The number of ether oxygens (including phenoxy) is 1. The van der Waals surface area contributed by atoms with Gasteiger partial charge in [-0.15, -0.1) is 0 Å². The number of esters is 1. The minimum atomic E-state index is -0.364. The molecule has 0 spiro atoms. The van der Waals surface area contributed by atoms with Crippen molar-refractivity contribution < 1.29 is 9.53 Å². The van der Waals surface area contributed by atoms with E-state index in [0.717, 1.165) is 12.0 Å². The van der Waals surface area contributed by atoms with Gasteiger partial charge in [-0.3, -0.25) is 0 Å². The molecule has 120 valence electrons. The number of allylic oxidation sites excluding steroid dienone is 2. The van der Waals surface area contributed by atoms with E-state index in [1.54, 1.807) is 12.1 Å². The molecule has 0 amide bonds. The number of carbonyl (C=O) groups excluding carboxylic acids is 1. The Morgan fingerprint density at radius 3 is 2.25 bits per heavy atom. The van der Waals surface area contributed by atoms with Crippen LogP contribution < -0.4 is 0 Å². The first kappa shape index (κ1) is 16.1. The standard InChI is InChI=1S/C22H20O2/c1-16(2)21(24-22(23)18-11-7-4-8-12-18)14-13-19-15-20(19)17-9-5-3-6-10-17/h3-12,19-20H,15H2,1-2H3. The highest BCUT2D eigenvalue weighted by atomic mass is 16.5. The lowest BCUT2D eigenvalue weighted by Gasteiger charge is -2.05. The van der Waals surface area contributed by atoms with Gasteiger partial charge in [0.25, 0.3) is 0 Å². The summed E-state index contributed by atoms with van der Waals surface area (Å²) < 4.78 is 5.48. The van der Waals surface area contributed by atoms with E-state index in [2.05, 4.69) is 36.1 Å². The fourth-order valence-corrected chi connectivity index (χ4v) is 2.56. The van der Waals surface area contributed by atoms with Gasteiger partial charge < -0.3 is 4.74 Å². The lowest BCUT2D eigenvalue weighted by atomic mass is 10.1. The lowest BCUT2D eigenvalue weighted by molar-refractivity contribution is 0.0637. The van der Waals surface area contributed by atoms with Gasteiger partial charge in [-0.2, -0.15) is 0 Å². The van der Waals surface area contributed by atoms with Gasteiger partial charge in [0.2, 0.25) is 0 Å². The van der Waals surface area contributed by atoms with E-state index in [4.69, 9.17) is 4.74 Å². The van der Waals surface area contributed by atoms with Crippen molar-refractivity contribution in [2.24, 2.45) is 5.92 Å². The van der Waals surface area contributed by atoms with Gasteiger partial charge in [-0.25, -0.2) is 4.79 Å². The van der Waals surface area contributed by atoms with Gasteiger partial charge >= 0.3 is 5.97 Å². The number of rotatable bonds is 3. The molecule has 0 radical (unpaired) electrons. The van der Waals surface area contributed by atoms with Crippen LogP contribution in [0.1, 0.15) is 42.1 Å². The molecule has 1 saturated carbocycles. The Hall–Kier alpha value is -2.79. The van der Waals surface area contributed by atoms with Gasteiger partial charge in [-0.1, -0.05) is 54.5 Å². The minimum Gasteiger partial charge on any atom is -0.414 e. The van der Waals surface area contributed by atoms with Crippen LogP contribution in [0.3, 0.4) is 0 Å². The molecular weight excluding hydrogens is 296 g/mol. The second-order valence-electron chi connectivity index (χ2n) is 6.21. The molecule has 2 heteroatoms. The third-order valence-corrected chi connectivity index (χ3v) is 4.05. The molecular formula is C22H20O2. The maximum atomic E-state index is 12.2. The molecule has 0 aliphatic heterocycles. The first-order valence-electron chi connectivity index (χ1n) is 8.16. The highest BCUT2D eigenvalue weighted by molar-refractivity contribution is 5.90. The van der Waals surface area contributed by atoms with Crippen molar-refractivity contribution in [1.82, 2.24) is 0 Å². The fourth-order valence-electron chi connectivity index (χ4n) is 2.56. The van der Waals surface area contributed by atoms with E-state index < -0.39 is 0 Å². The summed E-state index contributed by atoms with van der Waals surface area (Å²) in [6.07, 6.45) is 1.07. The maximum absolute atomic E-state index is 12.2. The van der Waals surface area contributed by atoms with Crippen molar-refractivity contribution in [2.75, 3.05) is 0 Å². The Kier molecular flexibility index (Phi) is 4.82. The quantitative estimate of drug-likeness (QED) is 0.455. The summed E-state index contributed by atoms with van der Waals surface area (Å²) in [5, 5.41) is 0. The van der Waals surface area contributed by atoms with E-state index >= 15 is 0 Å². The molecule has 0 aromatic heterocycles. The zero-order valence-corrected chi connectivity index (χ0v) is 14.0. The number of benzene rings is 2. The van der Waals surface area contributed by atoms with Crippen LogP contribution >= 0.6 is 0 Å². The average molecular weight is 316 g/mol. The number of carbonyl (C=O) groups is 1. The molecule has 1 fully saturated rings. The zero-order chi connectivity index (χ0) is 16.9. The van der Waals surface area contributed by atoms with Gasteiger partial charge in [0.15, 0.2) is 5.76 Å². The van der Waals surface area contributed by atoms with Gasteiger partial charge in [0, 0.05) is 5.92 Å². The SMILES string of the molecule is CC(C)=C(C#CC1CC1c1ccccc1)OC(=O)c1ccccc1. The smallest absolute Gasteiger partial charge is 0.344 e. The molecule has 0 saturated heterocycles. The third-order valence-electron chi connectivity index (χ3n) is 4.05. The summed E-state index contributed by atoms with van der Waals surface area (Å²) in [4.78, 5) is 12.2. The second kappa shape index (κ2) is 7.19. The van der Waals surface area contributed by atoms with E-state index in [1.807, 2.05) is 38.1 Å². The van der Waals surface area contributed by atoms with Crippen molar-refractivity contribution in [3.05, 3.63) is 83.1 Å². The minimum absolute atomic E-state index is 0.345. The Morgan fingerprint density at radius 1 is 1.00 bits per heavy atom. The van der Waals surface area contributed by atoms with Crippen LogP contribution in [0.15, 0.2) is 72.0 Å². The molecule has 0 bridgehead atoms. The molecule has 0 N–H and O–H groups in total. The zero-order valence-electron chi connectivity index (χ0n) is 14.0. The van der Waals surface area contributed by atoms with Gasteiger partial charge in [0.05, 0.1) is 5.56 Å². The molecule has 3 rings (SSSR count). The molecule has 2 atom stereocenters. The molecule has 1 aliphatic carbocycles. The summed E-state index contributed by atoms with van der Waals surface area (Å²) >= 11 is 0. The third kappa shape index (κ3) is 3.94. The second-order valence-corrected chi connectivity index (χ2v) is 6.21. The molecule has 0 heterocycles. The largest absolute Gasteiger partial charge is 0.414 e. The van der Waals surface area contributed by atoms with Crippen molar-refractivity contribution >= 4 is 5.97 Å². The molecule has 2 nitrogen and oxygen atoms in total. The molecule has 2 unspecified atom stereocenters. The van der Waals surface area contributed by atoms with E-state index in [9.17, 15) is 4.79 Å². The lowest BCUT2D eigenvalue weighted by Crippen LogP contribution is -2.05. The normalized spacial score (nSPS) is 18.1. The maximum Gasteiger partial charge on any atom is 0.344 e. The topological polar surface area (TPSA) is 26.3 Å². The summed E-state index contributed by atoms with van der Waals surface area (Å²) in [6, 6.07) is 19.4. The van der Waals surface area contributed by atoms with E-state index in [0.29, 0.717) is 23.2 Å². The predicted molar refractivity (Wildman–Crippen MR) is 95.3 cm³/mol. The van der Waals surface area contributed by atoms with Crippen molar-refractivity contribution in [1.29, 1.82) is 0 Å². The van der Waals surface area contributed by atoms with Crippen LogP contribution in [0, 0.1) is 17.8 Å². The van der Waals surface area contributed by atoms with E-state index in [-0.39, 0.29) is 5.97 Å². The summed E-state index contributed by atoms with van der Waals surface area (Å²) in [6.45, 7) is 3.81. The van der Waals surface area contributed by atoms with Crippen molar-refractivity contribution in [3.63, 3.8) is 0 Å². The van der Waals surface area contributed by atoms with Crippen molar-refractivity contribution in [2.45, 2.75) is 26.2 Å². The first-order valence-corrected chi connectivity index (χ1v) is 8.16. The molecule has 2 aromatic carbocycles. The number of hydrogen-bond donors (Lipinski definition) is 0. The Labute approximate surface area is 143 Å². The molecule has 24 heavy (non-hydrogen) atoms. The Balaban J connectivity index is 1.67. The Morgan fingerprint density at radius 2 is 1.62 bits per heavy atom. The molecule has 2 aromatic rings. The van der Waals surface area contributed by atoms with Crippen LogP contribution in [-0.2, 0) is 4.74 Å². The number of hydrogen-bond acceptors (Lipinski definition) is 2. The van der Waals surface area contributed by atoms with E-state index in [1.165, 1.54) is 5.56 Å². The summed E-state index contributed by atoms with van der Waals surface area (Å²) in [7, 11) is 0. The van der Waals surface area contributed by atoms with Crippen LogP contribution in [0.5, 0.6) is 0 Å². The van der Waals surface area contributed by atoms with Gasteiger partial charge in [0.1, 0.15) is 0 Å². The summed E-state index contributed by atoms with van der Waals surface area (Å²) in [5.41, 5.74) is 2.77. The highest BCUT2D eigenvalue weighted by Gasteiger charge is 2.36. The van der Waals surface area contributed by atoms with Crippen molar-refractivity contribution in [3.8, 4) is 11.8 Å². The highest BCUT2D eigenvalue weighted by Crippen LogP contribution is 2.46. The van der Waals surface area contributed by atoms with Crippen LogP contribution in [0.2, 0.25) is 0 Å². The fraction of sp³-hybridized carbons (Fsp3) is 0.227. The molecule has 1 aliphatic rings. The first-order chi connectivity index (χ1) is 11.6. The average Bonchev–Trinajstić information content (AvgIpc) is 3.39. The van der Waals surface area contributed by atoms with Crippen LogP contribution in [-0.4, -0.2) is 5.97 Å².